The maximum atomic E-state index is 12.1. The summed E-state index contributed by atoms with van der Waals surface area (Å²) >= 11 is 0. The molecular formula is C15H28N2O3. The number of aliphatic carboxylic acids is 1. The third kappa shape index (κ3) is 4.69. The highest BCUT2D eigenvalue weighted by molar-refractivity contribution is 5.76. The highest BCUT2D eigenvalue weighted by Crippen LogP contribution is 2.28. The van der Waals surface area contributed by atoms with Gasteiger partial charge in [0.05, 0.1) is 5.92 Å². The number of nitrogens with zero attached hydrogens (tertiary/aromatic N) is 1. The number of hydrogen-bond donors (Lipinski definition) is 2. The van der Waals surface area contributed by atoms with Crippen molar-refractivity contribution >= 4 is 12.0 Å². The summed E-state index contributed by atoms with van der Waals surface area (Å²) < 4.78 is 0. The number of hydrogen-bond acceptors (Lipinski definition) is 2. The van der Waals surface area contributed by atoms with Crippen LogP contribution in [0, 0.1) is 17.3 Å². The van der Waals surface area contributed by atoms with Gasteiger partial charge in [0.2, 0.25) is 0 Å². The molecule has 2 amide bonds. The van der Waals surface area contributed by atoms with E-state index in [1.807, 2.05) is 13.8 Å². The first kappa shape index (κ1) is 16.8. The van der Waals surface area contributed by atoms with E-state index in [2.05, 4.69) is 26.1 Å². The number of carbonyl (C=O) groups excluding carboxylic acids is 1. The van der Waals surface area contributed by atoms with Gasteiger partial charge in [0.1, 0.15) is 0 Å². The Labute approximate surface area is 121 Å². The smallest absolute Gasteiger partial charge is 0.317 e. The lowest BCUT2D eigenvalue weighted by Gasteiger charge is -2.43. The molecule has 0 radical (unpaired) electrons. The number of rotatable bonds is 4. The standard InChI is InChI=1S/C15H28N2O3/c1-10(12(18)19)11-7-17(8-11)13(20)16-15(5,6)9-14(2,3)4/h10-11H,7-9H2,1-6H3,(H,16,20)(H,18,19). The maximum Gasteiger partial charge on any atom is 0.317 e. The minimum Gasteiger partial charge on any atom is -0.481 e. The summed E-state index contributed by atoms with van der Waals surface area (Å²) in [5.74, 6) is -1.10. The van der Waals surface area contributed by atoms with Crippen molar-refractivity contribution in [2.45, 2.75) is 53.5 Å². The SMILES string of the molecule is CC(C(=O)O)C1CN(C(=O)NC(C)(C)CC(C)(C)C)C1. The van der Waals surface area contributed by atoms with Crippen LogP contribution in [0.2, 0.25) is 0 Å². The van der Waals surface area contributed by atoms with Crippen molar-refractivity contribution < 1.29 is 14.7 Å². The number of carboxylic acid groups (broad SMARTS) is 1. The predicted octanol–water partition coefficient (Wildman–Crippen LogP) is 2.56. The van der Waals surface area contributed by atoms with Gasteiger partial charge in [-0.1, -0.05) is 27.7 Å². The fraction of sp³-hybridized carbons (Fsp3) is 0.867. The van der Waals surface area contributed by atoms with Crippen molar-refractivity contribution in [1.29, 1.82) is 0 Å². The van der Waals surface area contributed by atoms with Crippen molar-refractivity contribution in [2.75, 3.05) is 13.1 Å². The minimum atomic E-state index is -0.789. The molecule has 1 saturated heterocycles. The molecule has 5 nitrogen and oxygen atoms in total. The molecule has 0 aromatic rings. The summed E-state index contributed by atoms with van der Waals surface area (Å²) in [5.41, 5.74) is -0.120. The molecule has 1 aliphatic heterocycles. The van der Waals surface area contributed by atoms with Crippen LogP contribution in [-0.4, -0.2) is 40.6 Å². The Morgan fingerprint density at radius 1 is 1.25 bits per heavy atom. The van der Waals surface area contributed by atoms with Crippen LogP contribution in [0.25, 0.3) is 0 Å². The van der Waals surface area contributed by atoms with Gasteiger partial charge >= 0.3 is 12.0 Å². The largest absolute Gasteiger partial charge is 0.481 e. The number of urea groups is 1. The van der Waals surface area contributed by atoms with E-state index < -0.39 is 5.97 Å². The van der Waals surface area contributed by atoms with E-state index in [1.165, 1.54) is 0 Å². The Morgan fingerprint density at radius 3 is 2.15 bits per heavy atom. The topological polar surface area (TPSA) is 69.6 Å². The summed E-state index contributed by atoms with van der Waals surface area (Å²) in [4.78, 5) is 24.7. The Morgan fingerprint density at radius 2 is 1.75 bits per heavy atom. The van der Waals surface area contributed by atoms with E-state index in [0.717, 1.165) is 6.42 Å². The average molecular weight is 284 g/mol. The molecule has 116 valence electrons. The quantitative estimate of drug-likeness (QED) is 0.833. The number of nitrogens with one attached hydrogen (secondary N) is 1. The third-order valence-corrected chi connectivity index (χ3v) is 3.71. The molecular weight excluding hydrogens is 256 g/mol. The Hall–Kier alpha value is -1.26. The highest BCUT2D eigenvalue weighted by atomic mass is 16.4. The fourth-order valence-electron chi connectivity index (χ4n) is 2.93. The van der Waals surface area contributed by atoms with Crippen molar-refractivity contribution in [3.05, 3.63) is 0 Å². The average Bonchev–Trinajstić information content (AvgIpc) is 2.08. The van der Waals surface area contributed by atoms with Gasteiger partial charge in [0.15, 0.2) is 0 Å². The summed E-state index contributed by atoms with van der Waals surface area (Å²) in [6.45, 7) is 13.3. The summed E-state index contributed by atoms with van der Waals surface area (Å²) in [5, 5.41) is 12.0. The molecule has 1 unspecified atom stereocenters. The monoisotopic (exact) mass is 284 g/mol. The summed E-state index contributed by atoms with van der Waals surface area (Å²) in [7, 11) is 0. The second-order valence-electron chi connectivity index (χ2n) is 7.84. The zero-order chi connectivity index (χ0) is 15.7. The Bertz CT molecular complexity index is 379. The highest BCUT2D eigenvalue weighted by Gasteiger charge is 2.38. The van der Waals surface area contributed by atoms with Crippen LogP contribution in [0.1, 0.15) is 48.0 Å². The van der Waals surface area contributed by atoms with Crippen LogP contribution in [0.3, 0.4) is 0 Å². The van der Waals surface area contributed by atoms with Gasteiger partial charge < -0.3 is 15.3 Å². The molecule has 1 rings (SSSR count). The van der Waals surface area contributed by atoms with E-state index in [-0.39, 0.29) is 28.8 Å². The van der Waals surface area contributed by atoms with E-state index >= 15 is 0 Å². The molecule has 1 atom stereocenters. The van der Waals surface area contributed by atoms with E-state index in [4.69, 9.17) is 5.11 Å². The minimum absolute atomic E-state index is 0.0731. The second kappa shape index (κ2) is 5.62. The van der Waals surface area contributed by atoms with Gasteiger partial charge in [0, 0.05) is 24.5 Å². The number of carboxylic acids is 1. The first-order valence-electron chi connectivity index (χ1n) is 7.21. The van der Waals surface area contributed by atoms with Gasteiger partial charge in [-0.25, -0.2) is 4.79 Å². The lowest BCUT2D eigenvalue weighted by atomic mass is 9.81. The van der Waals surface area contributed by atoms with Crippen molar-refractivity contribution in [1.82, 2.24) is 10.2 Å². The Kier molecular flexibility index (Phi) is 4.72. The van der Waals surface area contributed by atoms with E-state index in [1.54, 1.807) is 11.8 Å². The van der Waals surface area contributed by atoms with Gasteiger partial charge in [0.25, 0.3) is 0 Å². The van der Waals surface area contributed by atoms with Crippen LogP contribution in [0.4, 0.5) is 4.79 Å². The Balaban J connectivity index is 2.44. The van der Waals surface area contributed by atoms with Crippen LogP contribution in [0.15, 0.2) is 0 Å². The van der Waals surface area contributed by atoms with Crippen molar-refractivity contribution in [2.24, 2.45) is 17.3 Å². The van der Waals surface area contributed by atoms with Crippen LogP contribution in [-0.2, 0) is 4.79 Å². The van der Waals surface area contributed by atoms with Gasteiger partial charge in [-0.3, -0.25) is 4.79 Å². The lowest BCUT2D eigenvalue weighted by molar-refractivity contribution is -0.144. The van der Waals surface area contributed by atoms with Gasteiger partial charge in [-0.15, -0.1) is 0 Å². The van der Waals surface area contributed by atoms with Crippen LogP contribution in [0.5, 0.6) is 0 Å². The van der Waals surface area contributed by atoms with Crippen LogP contribution >= 0.6 is 0 Å². The second-order valence-corrected chi connectivity index (χ2v) is 7.84. The molecule has 1 fully saturated rings. The number of carbonyl (C=O) groups is 2. The fourth-order valence-corrected chi connectivity index (χ4v) is 2.93. The molecule has 0 spiro atoms. The first-order chi connectivity index (χ1) is 8.91. The number of likely N-dealkylation sites (tertiary alicyclic amines) is 1. The molecule has 0 aliphatic carbocycles. The number of amides is 2. The molecule has 0 aromatic heterocycles. The van der Waals surface area contributed by atoms with E-state index in [0.29, 0.717) is 13.1 Å². The van der Waals surface area contributed by atoms with Gasteiger partial charge in [-0.2, -0.15) is 0 Å². The van der Waals surface area contributed by atoms with E-state index in [9.17, 15) is 9.59 Å². The third-order valence-electron chi connectivity index (χ3n) is 3.71. The molecule has 1 aliphatic rings. The molecule has 0 aromatic carbocycles. The predicted molar refractivity (Wildman–Crippen MR) is 78.5 cm³/mol. The van der Waals surface area contributed by atoms with Gasteiger partial charge in [-0.05, 0) is 25.7 Å². The molecule has 5 heteroatoms. The summed E-state index contributed by atoms with van der Waals surface area (Å²) in [6.07, 6.45) is 0.883. The van der Waals surface area contributed by atoms with Crippen LogP contribution < -0.4 is 5.32 Å². The molecule has 1 heterocycles. The zero-order valence-corrected chi connectivity index (χ0v) is 13.5. The zero-order valence-electron chi connectivity index (χ0n) is 13.5. The normalized spacial score (nSPS) is 18.4. The molecule has 2 N–H and O–H groups in total. The van der Waals surface area contributed by atoms with Crippen molar-refractivity contribution in [3.63, 3.8) is 0 Å². The first-order valence-corrected chi connectivity index (χ1v) is 7.21. The molecule has 0 bridgehead atoms. The molecule has 20 heavy (non-hydrogen) atoms. The molecule has 0 saturated carbocycles. The lowest BCUT2D eigenvalue weighted by Crippen LogP contribution is -2.60. The maximum absolute atomic E-state index is 12.1. The summed E-state index contributed by atoms with van der Waals surface area (Å²) in [6, 6.07) is -0.0897. The van der Waals surface area contributed by atoms with Crippen molar-refractivity contribution in [3.8, 4) is 0 Å².